The van der Waals surface area contributed by atoms with Crippen LogP contribution in [0.15, 0.2) is 50.1 Å². The summed E-state index contributed by atoms with van der Waals surface area (Å²) in [6.45, 7) is 0. The standard InChI is InChI=1S/C15H11BrN4O2S/c1-20-15(22)11-5-3-2-4-10(11)13(19-20)14(21)18-17-8-9-6-7-12(16)23-9/h2-8H,1H3,(H,18,21)/b17-8-. The zero-order valence-electron chi connectivity index (χ0n) is 12.0. The number of halogens is 1. The number of aromatic nitrogens is 2. The van der Waals surface area contributed by atoms with Gasteiger partial charge in [0.1, 0.15) is 0 Å². The summed E-state index contributed by atoms with van der Waals surface area (Å²) in [5.41, 5.74) is 2.35. The second kappa shape index (κ2) is 6.43. The first kappa shape index (κ1) is 15.6. The lowest BCUT2D eigenvalue weighted by molar-refractivity contribution is 0.0950. The highest BCUT2D eigenvalue weighted by atomic mass is 79.9. The van der Waals surface area contributed by atoms with E-state index in [4.69, 9.17) is 0 Å². The van der Waals surface area contributed by atoms with Gasteiger partial charge in [-0.05, 0) is 34.1 Å². The fourth-order valence-corrected chi connectivity index (χ4v) is 3.37. The van der Waals surface area contributed by atoms with Crippen molar-refractivity contribution in [2.24, 2.45) is 12.1 Å². The Morgan fingerprint density at radius 2 is 2.04 bits per heavy atom. The maximum absolute atomic E-state index is 12.3. The molecule has 0 aliphatic carbocycles. The fraction of sp³-hybridized carbons (Fsp3) is 0.0667. The largest absolute Gasteiger partial charge is 0.292 e. The summed E-state index contributed by atoms with van der Waals surface area (Å²) in [7, 11) is 1.51. The van der Waals surface area contributed by atoms with E-state index in [1.54, 1.807) is 30.5 Å². The molecule has 6 nitrogen and oxygen atoms in total. The Morgan fingerprint density at radius 3 is 2.74 bits per heavy atom. The molecule has 0 radical (unpaired) electrons. The summed E-state index contributed by atoms with van der Waals surface area (Å²) in [5.74, 6) is -0.469. The number of hydrogen-bond donors (Lipinski definition) is 1. The van der Waals surface area contributed by atoms with Crippen molar-refractivity contribution in [1.29, 1.82) is 0 Å². The zero-order valence-corrected chi connectivity index (χ0v) is 14.4. The van der Waals surface area contributed by atoms with E-state index in [1.807, 2.05) is 12.1 Å². The molecule has 1 amide bonds. The van der Waals surface area contributed by atoms with Crippen molar-refractivity contribution < 1.29 is 4.79 Å². The molecule has 116 valence electrons. The van der Waals surface area contributed by atoms with Crippen LogP contribution in [0, 0.1) is 0 Å². The minimum Gasteiger partial charge on any atom is -0.267 e. The highest BCUT2D eigenvalue weighted by Crippen LogP contribution is 2.20. The topological polar surface area (TPSA) is 76.3 Å². The minimum atomic E-state index is -0.469. The van der Waals surface area contributed by atoms with Crippen LogP contribution in [0.1, 0.15) is 15.4 Å². The first-order valence-electron chi connectivity index (χ1n) is 6.61. The number of rotatable bonds is 3. The summed E-state index contributed by atoms with van der Waals surface area (Å²) >= 11 is 4.86. The molecule has 0 aliphatic rings. The number of fused-ring (bicyclic) bond motifs is 1. The van der Waals surface area contributed by atoms with Crippen LogP contribution in [0.3, 0.4) is 0 Å². The maximum Gasteiger partial charge on any atom is 0.292 e. The molecule has 1 N–H and O–H groups in total. The second-order valence-electron chi connectivity index (χ2n) is 4.66. The molecule has 3 rings (SSSR count). The Balaban J connectivity index is 1.91. The first-order valence-corrected chi connectivity index (χ1v) is 8.22. The van der Waals surface area contributed by atoms with Crippen LogP contribution in [-0.4, -0.2) is 21.9 Å². The number of hydrogen-bond acceptors (Lipinski definition) is 5. The van der Waals surface area contributed by atoms with Gasteiger partial charge in [-0.2, -0.15) is 10.2 Å². The number of benzene rings is 1. The van der Waals surface area contributed by atoms with E-state index in [0.717, 1.165) is 13.3 Å². The summed E-state index contributed by atoms with van der Waals surface area (Å²) in [6.07, 6.45) is 1.55. The highest BCUT2D eigenvalue weighted by molar-refractivity contribution is 9.11. The normalized spacial score (nSPS) is 11.2. The van der Waals surface area contributed by atoms with Crippen molar-refractivity contribution in [2.75, 3.05) is 0 Å². The van der Waals surface area contributed by atoms with Crippen LogP contribution in [0.5, 0.6) is 0 Å². The number of nitrogens with zero attached hydrogens (tertiary/aromatic N) is 3. The quantitative estimate of drug-likeness (QED) is 0.551. The molecule has 8 heteroatoms. The summed E-state index contributed by atoms with van der Waals surface area (Å²) in [4.78, 5) is 25.2. The lowest BCUT2D eigenvalue weighted by Crippen LogP contribution is -2.27. The average molecular weight is 391 g/mol. The van der Waals surface area contributed by atoms with Crippen LogP contribution >= 0.6 is 27.3 Å². The van der Waals surface area contributed by atoms with Gasteiger partial charge >= 0.3 is 0 Å². The molecular formula is C15H11BrN4O2S. The summed E-state index contributed by atoms with van der Waals surface area (Å²) < 4.78 is 2.13. The van der Waals surface area contributed by atoms with Gasteiger partial charge in [0, 0.05) is 17.3 Å². The SMILES string of the molecule is Cn1nc(C(=O)N/N=C\c2ccc(Br)s2)c2ccccc2c1=O. The number of carbonyl (C=O) groups excluding carboxylic acids is 1. The van der Waals surface area contributed by atoms with Gasteiger partial charge in [0.25, 0.3) is 11.5 Å². The summed E-state index contributed by atoms with van der Waals surface area (Å²) in [6, 6.07) is 10.6. The number of nitrogens with one attached hydrogen (secondary N) is 1. The molecule has 1 aromatic carbocycles. The van der Waals surface area contributed by atoms with Gasteiger partial charge in [-0.15, -0.1) is 11.3 Å². The van der Waals surface area contributed by atoms with E-state index in [9.17, 15) is 9.59 Å². The number of amides is 1. The van der Waals surface area contributed by atoms with E-state index in [2.05, 4.69) is 31.6 Å². The smallest absolute Gasteiger partial charge is 0.267 e. The van der Waals surface area contributed by atoms with Gasteiger partial charge in [-0.1, -0.05) is 18.2 Å². The van der Waals surface area contributed by atoms with Gasteiger partial charge in [0.05, 0.1) is 15.4 Å². The predicted molar refractivity (Wildman–Crippen MR) is 94.1 cm³/mol. The number of aryl methyl sites for hydroxylation is 1. The molecule has 0 fully saturated rings. The Bertz CT molecular complexity index is 977. The number of carbonyl (C=O) groups is 1. The fourth-order valence-electron chi connectivity index (χ4n) is 2.07. The molecule has 0 saturated heterocycles. The van der Waals surface area contributed by atoms with Gasteiger partial charge in [-0.3, -0.25) is 9.59 Å². The van der Waals surface area contributed by atoms with E-state index in [0.29, 0.717) is 10.8 Å². The molecule has 0 saturated carbocycles. The summed E-state index contributed by atoms with van der Waals surface area (Å²) in [5, 5.41) is 8.92. The molecule has 2 aromatic heterocycles. The zero-order chi connectivity index (χ0) is 16.4. The molecule has 0 bridgehead atoms. The van der Waals surface area contributed by atoms with E-state index >= 15 is 0 Å². The van der Waals surface area contributed by atoms with Crippen LogP contribution < -0.4 is 11.0 Å². The van der Waals surface area contributed by atoms with Crippen LogP contribution in [0.25, 0.3) is 10.8 Å². The van der Waals surface area contributed by atoms with Crippen molar-refractivity contribution >= 4 is 50.2 Å². The van der Waals surface area contributed by atoms with Crippen molar-refractivity contribution in [3.8, 4) is 0 Å². The molecule has 0 atom stereocenters. The Kier molecular flexibility index (Phi) is 4.35. The number of thiophene rings is 1. The van der Waals surface area contributed by atoms with Crippen molar-refractivity contribution in [2.45, 2.75) is 0 Å². The third-order valence-corrected chi connectivity index (χ3v) is 4.68. The lowest BCUT2D eigenvalue weighted by atomic mass is 10.1. The molecule has 23 heavy (non-hydrogen) atoms. The van der Waals surface area contributed by atoms with Crippen molar-refractivity contribution in [1.82, 2.24) is 15.2 Å². The third kappa shape index (κ3) is 3.22. The molecule has 0 aliphatic heterocycles. The van der Waals surface area contributed by atoms with Crippen molar-refractivity contribution in [3.05, 3.63) is 61.1 Å². The van der Waals surface area contributed by atoms with Gasteiger partial charge in [0.2, 0.25) is 0 Å². The maximum atomic E-state index is 12.3. The first-order chi connectivity index (χ1) is 11.1. The molecular weight excluding hydrogens is 380 g/mol. The Labute approximate surface area is 143 Å². The number of hydrazone groups is 1. The Hall–Kier alpha value is -2.32. The Morgan fingerprint density at radius 1 is 1.30 bits per heavy atom. The molecule has 0 unspecified atom stereocenters. The van der Waals surface area contributed by atoms with E-state index < -0.39 is 5.91 Å². The monoisotopic (exact) mass is 390 g/mol. The minimum absolute atomic E-state index is 0.159. The van der Waals surface area contributed by atoms with Gasteiger partial charge in [0.15, 0.2) is 5.69 Å². The average Bonchev–Trinajstić information content (AvgIpc) is 2.96. The van der Waals surface area contributed by atoms with Gasteiger partial charge < -0.3 is 0 Å². The third-order valence-electron chi connectivity index (χ3n) is 3.12. The van der Waals surface area contributed by atoms with Crippen LogP contribution in [0.4, 0.5) is 0 Å². The molecule has 0 spiro atoms. The van der Waals surface area contributed by atoms with E-state index in [1.165, 1.54) is 18.4 Å². The van der Waals surface area contributed by atoms with Crippen molar-refractivity contribution in [3.63, 3.8) is 0 Å². The van der Waals surface area contributed by atoms with E-state index in [-0.39, 0.29) is 11.3 Å². The lowest BCUT2D eigenvalue weighted by Gasteiger charge is -2.06. The van der Waals surface area contributed by atoms with Crippen LogP contribution in [0.2, 0.25) is 0 Å². The van der Waals surface area contributed by atoms with Gasteiger partial charge in [-0.25, -0.2) is 10.1 Å². The molecule has 2 heterocycles. The second-order valence-corrected chi connectivity index (χ2v) is 7.16. The van der Waals surface area contributed by atoms with Crippen LogP contribution in [-0.2, 0) is 7.05 Å². The highest BCUT2D eigenvalue weighted by Gasteiger charge is 2.14. The predicted octanol–water partition coefficient (Wildman–Crippen LogP) is 2.52. The molecule has 3 aromatic rings.